The fourth-order valence-electron chi connectivity index (χ4n) is 4.18. The number of para-hydroxylation sites is 2. The Labute approximate surface area is 265 Å². The molecule has 0 unspecified atom stereocenters. The second kappa shape index (κ2) is 15.9. The molecule has 0 aliphatic carbocycles. The number of methoxy groups -OCH3 is 4. The molecule has 0 aromatic heterocycles. The van der Waals surface area contributed by atoms with Crippen molar-refractivity contribution in [1.29, 1.82) is 0 Å². The third kappa shape index (κ3) is 8.80. The van der Waals surface area contributed by atoms with E-state index in [0.29, 0.717) is 45.5 Å². The molecular formula is C34H33N3O7S. The van der Waals surface area contributed by atoms with E-state index in [4.69, 9.17) is 18.9 Å². The van der Waals surface area contributed by atoms with Gasteiger partial charge >= 0.3 is 0 Å². The molecule has 3 N–H and O–H groups in total. The van der Waals surface area contributed by atoms with Gasteiger partial charge in [-0.2, -0.15) is 0 Å². The summed E-state index contributed by atoms with van der Waals surface area (Å²) in [5.41, 5.74) is 1.92. The number of hydrogen-bond acceptors (Lipinski definition) is 8. The number of carbonyl (C=O) groups excluding carboxylic acids is 3. The average Bonchev–Trinajstić information content (AvgIpc) is 3.07. The highest BCUT2D eigenvalue weighted by Gasteiger charge is 2.18. The minimum Gasteiger partial charge on any atom is -0.496 e. The molecule has 0 aliphatic rings. The van der Waals surface area contributed by atoms with Crippen LogP contribution in [0.1, 0.15) is 15.9 Å². The van der Waals surface area contributed by atoms with Crippen molar-refractivity contribution in [3.63, 3.8) is 0 Å². The van der Waals surface area contributed by atoms with Gasteiger partial charge < -0.3 is 34.9 Å². The molecule has 4 aromatic rings. The smallest absolute Gasteiger partial charge is 0.272 e. The summed E-state index contributed by atoms with van der Waals surface area (Å²) in [6.45, 7) is 0. The maximum absolute atomic E-state index is 13.5. The summed E-state index contributed by atoms with van der Waals surface area (Å²) >= 11 is 1.34. The van der Waals surface area contributed by atoms with Crippen molar-refractivity contribution in [3.05, 3.63) is 108 Å². The molecule has 0 bridgehead atoms. The Morgan fingerprint density at radius 1 is 0.689 bits per heavy atom. The number of hydrogen-bond donors (Lipinski definition) is 3. The Bertz CT molecular complexity index is 1680. The van der Waals surface area contributed by atoms with Crippen molar-refractivity contribution in [2.24, 2.45) is 0 Å². The molecule has 0 heterocycles. The standard InChI is InChI=1S/C34H33N3O7S/c1-41-28-13-9-8-12-26(28)36-32(38)21-45-25-16-14-24(15-17-25)35-34(40)27(37-33(39)22-10-6-5-7-11-22)18-23-19-30(43-3)31(44-4)20-29(23)42-2/h5-20H,21H2,1-4H3,(H,35,40)(H,36,38)(H,37,39)/b27-18-. The maximum Gasteiger partial charge on any atom is 0.272 e. The number of ether oxygens (including phenoxy) is 4. The van der Waals surface area contributed by atoms with Gasteiger partial charge in [0.05, 0.1) is 39.9 Å². The lowest BCUT2D eigenvalue weighted by Crippen LogP contribution is -2.30. The van der Waals surface area contributed by atoms with Gasteiger partial charge in [0.15, 0.2) is 11.5 Å². The number of benzene rings is 4. The van der Waals surface area contributed by atoms with Crippen LogP contribution < -0.4 is 34.9 Å². The number of nitrogens with one attached hydrogen (secondary N) is 3. The zero-order valence-corrected chi connectivity index (χ0v) is 26.0. The van der Waals surface area contributed by atoms with Crippen LogP contribution in [0.3, 0.4) is 0 Å². The van der Waals surface area contributed by atoms with Crippen molar-refractivity contribution in [3.8, 4) is 23.0 Å². The minimum absolute atomic E-state index is 0.0270. The Morgan fingerprint density at radius 3 is 1.98 bits per heavy atom. The number of thioether (sulfide) groups is 1. The summed E-state index contributed by atoms with van der Waals surface area (Å²) in [5, 5.41) is 8.38. The van der Waals surface area contributed by atoms with Gasteiger partial charge in [0, 0.05) is 27.8 Å². The van der Waals surface area contributed by atoms with Crippen molar-refractivity contribution in [2.45, 2.75) is 4.90 Å². The van der Waals surface area contributed by atoms with Gasteiger partial charge in [-0.05, 0) is 60.7 Å². The first-order valence-corrected chi connectivity index (χ1v) is 14.7. The number of rotatable bonds is 13. The van der Waals surface area contributed by atoms with Crippen LogP contribution in [0.15, 0.2) is 102 Å². The summed E-state index contributed by atoms with van der Waals surface area (Å²) in [6.07, 6.45) is 1.50. The van der Waals surface area contributed by atoms with Gasteiger partial charge in [-0.15, -0.1) is 11.8 Å². The first-order chi connectivity index (χ1) is 21.8. The van der Waals surface area contributed by atoms with E-state index in [2.05, 4.69) is 16.0 Å². The van der Waals surface area contributed by atoms with Gasteiger partial charge in [0.25, 0.3) is 11.8 Å². The van der Waals surface area contributed by atoms with E-state index < -0.39 is 11.8 Å². The third-order valence-electron chi connectivity index (χ3n) is 6.43. The monoisotopic (exact) mass is 627 g/mol. The number of amides is 3. The molecule has 0 radical (unpaired) electrons. The van der Waals surface area contributed by atoms with E-state index in [1.807, 2.05) is 12.1 Å². The normalized spacial score (nSPS) is 10.8. The van der Waals surface area contributed by atoms with Crippen molar-refractivity contribution in [2.75, 3.05) is 44.8 Å². The minimum atomic E-state index is -0.562. The summed E-state index contributed by atoms with van der Waals surface area (Å²) in [6, 6.07) is 26.0. The molecule has 4 aromatic carbocycles. The lowest BCUT2D eigenvalue weighted by molar-refractivity contribution is -0.114. The van der Waals surface area contributed by atoms with Crippen molar-refractivity contribution in [1.82, 2.24) is 5.32 Å². The fraction of sp³-hybridized carbons (Fsp3) is 0.147. The van der Waals surface area contributed by atoms with Crippen LogP contribution in [0.2, 0.25) is 0 Å². The van der Waals surface area contributed by atoms with E-state index >= 15 is 0 Å². The van der Waals surface area contributed by atoms with E-state index in [-0.39, 0.29) is 17.4 Å². The molecule has 4 rings (SSSR count). The number of anilines is 2. The van der Waals surface area contributed by atoms with Crippen LogP contribution in [-0.4, -0.2) is 51.9 Å². The highest BCUT2D eigenvalue weighted by molar-refractivity contribution is 8.00. The molecule has 0 atom stereocenters. The molecule has 0 fully saturated rings. The first kappa shape index (κ1) is 32.5. The largest absolute Gasteiger partial charge is 0.496 e. The summed E-state index contributed by atoms with van der Waals surface area (Å²) in [5.74, 6) is 0.815. The van der Waals surface area contributed by atoms with Crippen LogP contribution >= 0.6 is 11.8 Å². The summed E-state index contributed by atoms with van der Waals surface area (Å²) in [7, 11) is 6.04. The van der Waals surface area contributed by atoms with Gasteiger partial charge in [-0.25, -0.2) is 0 Å². The number of carbonyl (C=O) groups is 3. The SMILES string of the molecule is COc1cc(OC)c(OC)cc1/C=C(\NC(=O)c1ccccc1)C(=O)Nc1ccc(SCC(=O)Nc2ccccc2OC)cc1. The summed E-state index contributed by atoms with van der Waals surface area (Å²) in [4.78, 5) is 39.9. The lowest BCUT2D eigenvalue weighted by atomic mass is 10.1. The van der Waals surface area contributed by atoms with Crippen molar-refractivity contribution >= 4 is 46.9 Å². The molecule has 0 aliphatic heterocycles. The molecule has 11 heteroatoms. The van der Waals surface area contributed by atoms with Gasteiger partial charge in [-0.1, -0.05) is 30.3 Å². The Balaban J connectivity index is 1.50. The Hall–Kier alpha value is -5.42. The highest BCUT2D eigenvalue weighted by Crippen LogP contribution is 2.35. The first-order valence-electron chi connectivity index (χ1n) is 13.7. The van der Waals surface area contributed by atoms with Gasteiger partial charge in [-0.3, -0.25) is 14.4 Å². The molecule has 0 saturated heterocycles. The zero-order chi connectivity index (χ0) is 32.2. The molecule has 45 heavy (non-hydrogen) atoms. The lowest BCUT2D eigenvalue weighted by Gasteiger charge is -2.15. The molecule has 0 spiro atoms. The molecule has 10 nitrogen and oxygen atoms in total. The van der Waals surface area contributed by atoms with Gasteiger partial charge in [0.1, 0.15) is 17.2 Å². The quantitative estimate of drug-likeness (QED) is 0.124. The second-order valence-electron chi connectivity index (χ2n) is 9.34. The molecule has 0 saturated carbocycles. The predicted octanol–water partition coefficient (Wildman–Crippen LogP) is 5.86. The van der Waals surface area contributed by atoms with Crippen LogP contribution in [0.5, 0.6) is 23.0 Å². The topological polar surface area (TPSA) is 124 Å². The summed E-state index contributed by atoms with van der Waals surface area (Å²) < 4.78 is 21.6. The van der Waals surface area contributed by atoms with Crippen LogP contribution in [0.25, 0.3) is 6.08 Å². The second-order valence-corrected chi connectivity index (χ2v) is 10.4. The highest BCUT2D eigenvalue weighted by atomic mass is 32.2. The molecule has 232 valence electrons. The molecular weight excluding hydrogens is 594 g/mol. The van der Waals surface area contributed by atoms with Crippen LogP contribution in [0.4, 0.5) is 11.4 Å². The van der Waals surface area contributed by atoms with E-state index in [1.54, 1.807) is 86.0 Å². The third-order valence-corrected chi connectivity index (χ3v) is 7.44. The van der Waals surface area contributed by atoms with Gasteiger partial charge in [0.2, 0.25) is 5.91 Å². The average molecular weight is 628 g/mol. The van der Waals surface area contributed by atoms with E-state index in [1.165, 1.54) is 39.2 Å². The van der Waals surface area contributed by atoms with Crippen LogP contribution in [-0.2, 0) is 9.59 Å². The predicted molar refractivity (Wildman–Crippen MR) is 175 cm³/mol. The van der Waals surface area contributed by atoms with E-state index in [0.717, 1.165) is 4.90 Å². The fourth-order valence-corrected chi connectivity index (χ4v) is 4.88. The van der Waals surface area contributed by atoms with E-state index in [9.17, 15) is 14.4 Å². The maximum atomic E-state index is 13.5. The van der Waals surface area contributed by atoms with Crippen molar-refractivity contribution < 1.29 is 33.3 Å². The molecule has 3 amide bonds. The van der Waals surface area contributed by atoms with Crippen LogP contribution in [0, 0.1) is 0 Å². The Morgan fingerprint density at radius 2 is 1.31 bits per heavy atom. The zero-order valence-electron chi connectivity index (χ0n) is 25.2. The Kier molecular flexibility index (Phi) is 11.5.